The van der Waals surface area contributed by atoms with E-state index in [1.54, 1.807) is 74.5 Å². The first-order chi connectivity index (χ1) is 17.6. The highest BCUT2D eigenvalue weighted by Gasteiger charge is 2.31. The third-order valence-corrected chi connectivity index (χ3v) is 12.2. The highest BCUT2D eigenvalue weighted by molar-refractivity contribution is 7.92. The van der Waals surface area contributed by atoms with Gasteiger partial charge in [-0.1, -0.05) is 54.6 Å². The maximum absolute atomic E-state index is 13.6. The molecule has 8 heteroatoms. The van der Waals surface area contributed by atoms with E-state index >= 15 is 0 Å². The predicted molar refractivity (Wildman–Crippen MR) is 150 cm³/mol. The highest BCUT2D eigenvalue weighted by atomic mass is 32.2. The Bertz CT molecular complexity index is 1890. The van der Waals surface area contributed by atoms with Crippen molar-refractivity contribution in [2.75, 3.05) is 0 Å². The smallest absolute Gasteiger partial charge is 0.195 e. The van der Waals surface area contributed by atoms with Crippen LogP contribution in [0.3, 0.4) is 0 Å². The molecule has 0 aliphatic rings. The average Bonchev–Trinajstić information content (AvgIpc) is 2.93. The van der Waals surface area contributed by atoms with Gasteiger partial charge in [0.2, 0.25) is 0 Å². The molecule has 4 aromatic carbocycles. The molecule has 0 saturated heterocycles. The second-order valence-electron chi connectivity index (χ2n) is 8.91. The predicted octanol–water partition coefficient (Wildman–Crippen LogP) is 6.48. The van der Waals surface area contributed by atoms with Crippen LogP contribution in [0.2, 0.25) is 0 Å². The Morgan fingerprint density at radius 1 is 0.622 bits per heavy atom. The highest BCUT2D eigenvalue weighted by Crippen LogP contribution is 2.39. The summed E-state index contributed by atoms with van der Waals surface area (Å²) >= 11 is 1.34. The topological polar surface area (TPSA) is 85.3 Å². The van der Waals surface area contributed by atoms with Crippen LogP contribution in [0.15, 0.2) is 112 Å². The van der Waals surface area contributed by atoms with E-state index in [9.17, 15) is 21.6 Å². The van der Waals surface area contributed by atoms with Crippen molar-refractivity contribution in [2.24, 2.45) is 0 Å². The summed E-state index contributed by atoms with van der Waals surface area (Å²) in [6.07, 6.45) is 0. The van der Waals surface area contributed by atoms with Gasteiger partial charge in [0, 0.05) is 20.2 Å². The molecule has 0 saturated carbocycles. The zero-order valence-electron chi connectivity index (χ0n) is 20.2. The molecule has 0 radical (unpaired) electrons. The van der Waals surface area contributed by atoms with E-state index < -0.39 is 30.2 Å². The minimum atomic E-state index is -3.82. The Labute approximate surface area is 219 Å². The minimum absolute atomic E-state index is 0.165. The molecule has 0 bridgehead atoms. The van der Waals surface area contributed by atoms with E-state index in [0.29, 0.717) is 26.6 Å². The molecule has 37 heavy (non-hydrogen) atoms. The Morgan fingerprint density at radius 2 is 1.14 bits per heavy atom. The van der Waals surface area contributed by atoms with Gasteiger partial charge in [-0.2, -0.15) is 0 Å². The van der Waals surface area contributed by atoms with E-state index in [-0.39, 0.29) is 15.2 Å². The van der Waals surface area contributed by atoms with Crippen molar-refractivity contribution in [3.63, 3.8) is 0 Å². The molecule has 0 fully saturated rings. The van der Waals surface area contributed by atoms with E-state index in [1.165, 1.54) is 35.6 Å². The van der Waals surface area contributed by atoms with Crippen LogP contribution in [0.25, 0.3) is 20.2 Å². The number of sulfone groups is 2. The summed E-state index contributed by atoms with van der Waals surface area (Å²) < 4.78 is 55.5. The van der Waals surface area contributed by atoms with Crippen LogP contribution in [0, 0.1) is 0 Å². The standard InChI is InChI=1S/C29H24O5S3/c1-19(36(31,32)22-11-5-3-6-12-22)21-17-25(20(2)37(33,34)23-13-7-4-8-14-23)29-26(18-21)28(30)24-15-9-10-16-27(24)35-29/h3-20H,1-2H3. The van der Waals surface area contributed by atoms with Crippen molar-refractivity contribution in [1.29, 1.82) is 0 Å². The quantitative estimate of drug-likeness (QED) is 0.227. The summed E-state index contributed by atoms with van der Waals surface area (Å²) in [6, 6.07) is 26.7. The lowest BCUT2D eigenvalue weighted by molar-refractivity contribution is 0.586. The molecule has 5 rings (SSSR count). The first kappa shape index (κ1) is 25.3. The third-order valence-electron chi connectivity index (χ3n) is 6.71. The van der Waals surface area contributed by atoms with Crippen molar-refractivity contribution >= 4 is 51.2 Å². The monoisotopic (exact) mass is 548 g/mol. The Kier molecular flexibility index (Phi) is 6.52. The third kappa shape index (κ3) is 4.39. The summed E-state index contributed by atoms with van der Waals surface area (Å²) in [5.74, 6) is 0. The minimum Gasteiger partial charge on any atom is -0.289 e. The van der Waals surface area contributed by atoms with E-state index in [1.807, 2.05) is 12.1 Å². The second-order valence-corrected chi connectivity index (χ2v) is 14.5. The van der Waals surface area contributed by atoms with Crippen LogP contribution in [0.5, 0.6) is 0 Å². The molecule has 188 valence electrons. The number of fused-ring (bicyclic) bond motifs is 2. The van der Waals surface area contributed by atoms with Crippen molar-refractivity contribution < 1.29 is 16.8 Å². The van der Waals surface area contributed by atoms with E-state index in [4.69, 9.17) is 0 Å². The zero-order chi connectivity index (χ0) is 26.4. The fourth-order valence-electron chi connectivity index (χ4n) is 4.47. The van der Waals surface area contributed by atoms with Crippen LogP contribution in [-0.4, -0.2) is 16.8 Å². The molecule has 2 atom stereocenters. The van der Waals surface area contributed by atoms with Gasteiger partial charge in [0.15, 0.2) is 25.1 Å². The maximum Gasteiger partial charge on any atom is 0.195 e. The van der Waals surface area contributed by atoms with Crippen molar-refractivity contribution in [3.05, 3.63) is 118 Å². The first-order valence-electron chi connectivity index (χ1n) is 11.7. The summed E-state index contributed by atoms with van der Waals surface area (Å²) in [6.45, 7) is 3.15. The van der Waals surface area contributed by atoms with Gasteiger partial charge < -0.3 is 0 Å². The zero-order valence-corrected chi connectivity index (χ0v) is 22.6. The molecule has 1 heterocycles. The molecular formula is C29H24O5S3. The van der Waals surface area contributed by atoms with Gasteiger partial charge in [0.05, 0.1) is 20.3 Å². The van der Waals surface area contributed by atoms with Gasteiger partial charge in [0.1, 0.15) is 0 Å². The number of hydrogen-bond acceptors (Lipinski definition) is 6. The van der Waals surface area contributed by atoms with Crippen LogP contribution >= 0.6 is 11.3 Å². The first-order valence-corrected chi connectivity index (χ1v) is 15.6. The average molecular weight is 549 g/mol. The number of hydrogen-bond donors (Lipinski definition) is 0. The summed E-state index contributed by atoms with van der Waals surface area (Å²) in [5, 5.41) is -1.18. The lowest BCUT2D eigenvalue weighted by Crippen LogP contribution is -2.15. The van der Waals surface area contributed by atoms with Gasteiger partial charge in [-0.15, -0.1) is 11.3 Å². The molecule has 5 aromatic rings. The Morgan fingerprint density at radius 3 is 1.73 bits per heavy atom. The largest absolute Gasteiger partial charge is 0.289 e. The van der Waals surface area contributed by atoms with Gasteiger partial charge >= 0.3 is 0 Å². The normalized spacial score (nSPS) is 14.0. The van der Waals surface area contributed by atoms with Gasteiger partial charge in [-0.05, 0) is 67.4 Å². The summed E-state index contributed by atoms with van der Waals surface area (Å²) in [5.41, 5.74) is 0.543. The van der Waals surface area contributed by atoms with Crippen LogP contribution in [0.4, 0.5) is 0 Å². The van der Waals surface area contributed by atoms with E-state index in [0.717, 1.165) is 4.70 Å². The van der Waals surface area contributed by atoms with E-state index in [2.05, 4.69) is 0 Å². The summed E-state index contributed by atoms with van der Waals surface area (Å²) in [7, 11) is -7.62. The van der Waals surface area contributed by atoms with Crippen molar-refractivity contribution in [1.82, 2.24) is 0 Å². The second kappa shape index (κ2) is 9.52. The molecule has 5 nitrogen and oxygen atoms in total. The van der Waals surface area contributed by atoms with Gasteiger partial charge in [0.25, 0.3) is 0 Å². The fourth-order valence-corrected chi connectivity index (χ4v) is 8.70. The summed E-state index contributed by atoms with van der Waals surface area (Å²) in [4.78, 5) is 13.9. The van der Waals surface area contributed by atoms with Crippen LogP contribution < -0.4 is 5.43 Å². The van der Waals surface area contributed by atoms with Crippen LogP contribution in [-0.2, 0) is 19.7 Å². The SMILES string of the molecule is CC(c1cc(C(C)S(=O)(=O)c2ccccc2)c2sc3ccccc3c(=O)c2c1)S(=O)(=O)c1ccccc1. The van der Waals surface area contributed by atoms with Crippen molar-refractivity contribution in [3.8, 4) is 0 Å². The molecule has 0 spiro atoms. The molecule has 1 aromatic heterocycles. The molecular weight excluding hydrogens is 525 g/mol. The van der Waals surface area contributed by atoms with Crippen molar-refractivity contribution in [2.45, 2.75) is 34.1 Å². The molecule has 0 N–H and O–H groups in total. The van der Waals surface area contributed by atoms with Crippen LogP contribution in [0.1, 0.15) is 35.5 Å². The molecule has 0 amide bonds. The molecule has 0 aliphatic carbocycles. The maximum atomic E-state index is 13.6. The molecule has 0 aliphatic heterocycles. The lowest BCUT2D eigenvalue weighted by Gasteiger charge is -2.20. The molecule has 2 unspecified atom stereocenters. The Balaban J connectivity index is 1.80. The van der Waals surface area contributed by atoms with Gasteiger partial charge in [-0.25, -0.2) is 16.8 Å². The lowest BCUT2D eigenvalue weighted by atomic mass is 10.0. The number of benzene rings is 4. The fraction of sp³-hybridized carbons (Fsp3) is 0.138. The Hall–Kier alpha value is -3.33. The number of rotatable bonds is 6. The van der Waals surface area contributed by atoms with Gasteiger partial charge in [-0.3, -0.25) is 4.79 Å².